The smallest absolute Gasteiger partial charge is 0.251 e. The summed E-state index contributed by atoms with van der Waals surface area (Å²) < 4.78 is 0. The maximum absolute atomic E-state index is 12.5. The second-order valence-electron chi connectivity index (χ2n) is 6.44. The van der Waals surface area contributed by atoms with Gasteiger partial charge >= 0.3 is 0 Å². The summed E-state index contributed by atoms with van der Waals surface area (Å²) in [5.41, 5.74) is 4.12. The lowest BCUT2D eigenvalue weighted by atomic mass is 10.1. The molecule has 0 aromatic heterocycles. The number of para-hydroxylation sites is 1. The SMILES string of the molecule is O=C1CCCN1c1ccc(C=CC(=O)N2CCc3ccccc32)cc1. The molecule has 126 valence electrons. The molecule has 1 saturated heterocycles. The average Bonchev–Trinajstić information content (AvgIpc) is 3.26. The van der Waals surface area contributed by atoms with E-state index in [1.165, 1.54) is 5.56 Å². The first-order valence-corrected chi connectivity index (χ1v) is 8.70. The molecule has 2 amide bonds. The van der Waals surface area contributed by atoms with Crippen LogP contribution in [0.3, 0.4) is 0 Å². The summed E-state index contributed by atoms with van der Waals surface area (Å²) in [5.74, 6) is 0.190. The normalized spacial score (nSPS) is 16.7. The van der Waals surface area contributed by atoms with Gasteiger partial charge in [-0.2, -0.15) is 0 Å². The van der Waals surface area contributed by atoms with Crippen molar-refractivity contribution in [3.8, 4) is 0 Å². The Morgan fingerprint density at radius 3 is 2.52 bits per heavy atom. The molecule has 4 nitrogen and oxygen atoms in total. The number of rotatable bonds is 3. The third-order valence-electron chi connectivity index (χ3n) is 4.85. The molecule has 0 N–H and O–H groups in total. The largest absolute Gasteiger partial charge is 0.312 e. The van der Waals surface area contributed by atoms with Crippen LogP contribution in [0.25, 0.3) is 6.08 Å². The topological polar surface area (TPSA) is 40.6 Å². The highest BCUT2D eigenvalue weighted by Crippen LogP contribution is 2.27. The van der Waals surface area contributed by atoms with E-state index in [9.17, 15) is 9.59 Å². The number of carbonyl (C=O) groups is 2. The molecule has 0 saturated carbocycles. The van der Waals surface area contributed by atoms with Crippen LogP contribution in [-0.2, 0) is 16.0 Å². The zero-order chi connectivity index (χ0) is 17.2. The van der Waals surface area contributed by atoms with Crippen LogP contribution in [0.4, 0.5) is 11.4 Å². The van der Waals surface area contributed by atoms with E-state index in [-0.39, 0.29) is 11.8 Å². The number of amides is 2. The maximum atomic E-state index is 12.5. The molecule has 2 aliphatic heterocycles. The van der Waals surface area contributed by atoms with Gasteiger partial charge in [-0.1, -0.05) is 30.3 Å². The first-order chi connectivity index (χ1) is 12.2. The lowest BCUT2D eigenvalue weighted by Crippen LogP contribution is -2.26. The first kappa shape index (κ1) is 15.6. The quantitative estimate of drug-likeness (QED) is 0.808. The average molecular weight is 332 g/mol. The molecule has 25 heavy (non-hydrogen) atoms. The monoisotopic (exact) mass is 332 g/mol. The Kier molecular flexibility index (Phi) is 4.10. The molecule has 1 fully saturated rings. The van der Waals surface area contributed by atoms with E-state index in [0.29, 0.717) is 6.42 Å². The van der Waals surface area contributed by atoms with Crippen LogP contribution in [0.15, 0.2) is 54.6 Å². The number of benzene rings is 2. The maximum Gasteiger partial charge on any atom is 0.251 e. The summed E-state index contributed by atoms with van der Waals surface area (Å²) in [6.07, 6.45) is 5.92. The van der Waals surface area contributed by atoms with Crippen LogP contribution in [0.2, 0.25) is 0 Å². The lowest BCUT2D eigenvalue weighted by Gasteiger charge is -2.16. The third kappa shape index (κ3) is 3.07. The molecule has 2 aliphatic rings. The zero-order valence-corrected chi connectivity index (χ0v) is 14.0. The minimum Gasteiger partial charge on any atom is -0.312 e. The van der Waals surface area contributed by atoms with Gasteiger partial charge in [0, 0.05) is 37.0 Å². The fourth-order valence-corrected chi connectivity index (χ4v) is 3.51. The number of fused-ring (bicyclic) bond motifs is 1. The highest BCUT2D eigenvalue weighted by atomic mass is 16.2. The van der Waals surface area contributed by atoms with Crippen LogP contribution < -0.4 is 9.80 Å². The molecule has 0 spiro atoms. The van der Waals surface area contributed by atoms with Gasteiger partial charge in [0.15, 0.2) is 0 Å². The van der Waals surface area contributed by atoms with Crippen molar-refractivity contribution >= 4 is 29.3 Å². The fourth-order valence-electron chi connectivity index (χ4n) is 3.51. The van der Waals surface area contributed by atoms with E-state index in [0.717, 1.165) is 42.9 Å². The Morgan fingerprint density at radius 2 is 1.76 bits per heavy atom. The van der Waals surface area contributed by atoms with Gasteiger partial charge in [0.1, 0.15) is 0 Å². The molecule has 0 atom stereocenters. The molecular weight excluding hydrogens is 312 g/mol. The van der Waals surface area contributed by atoms with Crippen LogP contribution in [0, 0.1) is 0 Å². The van der Waals surface area contributed by atoms with Gasteiger partial charge in [-0.25, -0.2) is 0 Å². The van der Waals surface area contributed by atoms with Gasteiger partial charge in [0.25, 0.3) is 5.91 Å². The Hall–Kier alpha value is -2.88. The van der Waals surface area contributed by atoms with Crippen molar-refractivity contribution in [3.05, 3.63) is 65.7 Å². The Bertz CT molecular complexity index is 839. The molecule has 0 unspecified atom stereocenters. The molecule has 4 heteroatoms. The fraction of sp³-hybridized carbons (Fsp3) is 0.238. The van der Waals surface area contributed by atoms with Gasteiger partial charge in [0.2, 0.25) is 5.91 Å². The Labute approximate surface area is 147 Å². The van der Waals surface area contributed by atoms with E-state index >= 15 is 0 Å². The second-order valence-corrected chi connectivity index (χ2v) is 6.44. The molecule has 0 aliphatic carbocycles. The molecule has 2 heterocycles. The number of hydrogen-bond donors (Lipinski definition) is 0. The summed E-state index contributed by atoms with van der Waals surface area (Å²) in [6.45, 7) is 1.53. The van der Waals surface area contributed by atoms with E-state index in [1.54, 1.807) is 6.08 Å². The minimum atomic E-state index is 0.00347. The minimum absolute atomic E-state index is 0.00347. The van der Waals surface area contributed by atoms with Gasteiger partial charge in [-0.15, -0.1) is 0 Å². The van der Waals surface area contributed by atoms with E-state index < -0.39 is 0 Å². The van der Waals surface area contributed by atoms with Gasteiger partial charge in [-0.3, -0.25) is 9.59 Å². The van der Waals surface area contributed by atoms with Crippen molar-refractivity contribution in [1.29, 1.82) is 0 Å². The lowest BCUT2D eigenvalue weighted by molar-refractivity contribution is -0.117. The van der Waals surface area contributed by atoms with Crippen molar-refractivity contribution in [3.63, 3.8) is 0 Å². The summed E-state index contributed by atoms with van der Waals surface area (Å²) in [6, 6.07) is 15.8. The Morgan fingerprint density at radius 1 is 0.960 bits per heavy atom. The zero-order valence-electron chi connectivity index (χ0n) is 14.0. The molecule has 0 radical (unpaired) electrons. The van der Waals surface area contributed by atoms with Crippen LogP contribution in [0.1, 0.15) is 24.0 Å². The second kappa shape index (κ2) is 6.55. The molecule has 4 rings (SSSR count). The number of carbonyl (C=O) groups excluding carboxylic acids is 2. The standard InChI is InChI=1S/C21H20N2O2/c24-20-6-3-14-22(20)18-10-7-16(8-11-18)9-12-21(25)23-15-13-17-4-1-2-5-19(17)23/h1-2,4-5,7-12H,3,6,13-15H2. The molecule has 2 aromatic rings. The third-order valence-corrected chi connectivity index (χ3v) is 4.85. The van der Waals surface area contributed by atoms with Crippen molar-refractivity contribution in [2.24, 2.45) is 0 Å². The van der Waals surface area contributed by atoms with E-state index in [2.05, 4.69) is 6.07 Å². The molecule has 2 aromatic carbocycles. The predicted molar refractivity (Wildman–Crippen MR) is 99.6 cm³/mol. The van der Waals surface area contributed by atoms with Gasteiger partial charge < -0.3 is 9.80 Å². The van der Waals surface area contributed by atoms with Gasteiger partial charge in [0.05, 0.1) is 0 Å². The summed E-state index contributed by atoms with van der Waals surface area (Å²) in [4.78, 5) is 27.9. The van der Waals surface area contributed by atoms with Crippen LogP contribution in [0.5, 0.6) is 0 Å². The van der Waals surface area contributed by atoms with Crippen molar-refractivity contribution in [2.45, 2.75) is 19.3 Å². The predicted octanol–water partition coefficient (Wildman–Crippen LogP) is 3.42. The van der Waals surface area contributed by atoms with Crippen molar-refractivity contribution < 1.29 is 9.59 Å². The van der Waals surface area contributed by atoms with E-state index in [1.807, 2.05) is 58.3 Å². The first-order valence-electron chi connectivity index (χ1n) is 8.70. The van der Waals surface area contributed by atoms with Crippen molar-refractivity contribution in [1.82, 2.24) is 0 Å². The number of hydrogen-bond acceptors (Lipinski definition) is 2. The van der Waals surface area contributed by atoms with Crippen LogP contribution >= 0.6 is 0 Å². The Balaban J connectivity index is 1.45. The summed E-state index contributed by atoms with van der Waals surface area (Å²) >= 11 is 0. The summed E-state index contributed by atoms with van der Waals surface area (Å²) in [7, 11) is 0. The number of nitrogens with zero attached hydrogens (tertiary/aromatic N) is 2. The summed E-state index contributed by atoms with van der Waals surface area (Å²) in [5, 5.41) is 0. The molecular formula is C21H20N2O2. The number of anilines is 2. The highest BCUT2D eigenvalue weighted by molar-refractivity contribution is 6.05. The van der Waals surface area contributed by atoms with E-state index in [4.69, 9.17) is 0 Å². The molecule has 0 bridgehead atoms. The van der Waals surface area contributed by atoms with Crippen molar-refractivity contribution in [2.75, 3.05) is 22.9 Å². The van der Waals surface area contributed by atoms with Crippen LogP contribution in [-0.4, -0.2) is 24.9 Å². The van der Waals surface area contributed by atoms with Gasteiger partial charge in [-0.05, 0) is 48.2 Å². The highest BCUT2D eigenvalue weighted by Gasteiger charge is 2.23.